The topological polar surface area (TPSA) is 95.5 Å². The van der Waals surface area contributed by atoms with E-state index < -0.39 is 17.9 Å². The van der Waals surface area contributed by atoms with Gasteiger partial charge in [0.15, 0.2) is 0 Å². The molecule has 0 aliphatic carbocycles. The molecule has 6 nitrogen and oxygen atoms in total. The molecule has 18 heavy (non-hydrogen) atoms. The second-order valence-corrected chi connectivity index (χ2v) is 4.58. The third kappa shape index (κ3) is 4.35. The molecule has 0 aromatic rings. The Balaban J connectivity index is 2.49. The van der Waals surface area contributed by atoms with E-state index in [1.807, 2.05) is 6.92 Å². The van der Waals surface area contributed by atoms with Crippen molar-refractivity contribution < 1.29 is 19.5 Å². The summed E-state index contributed by atoms with van der Waals surface area (Å²) in [6, 6.07) is -0.845. The average Bonchev–Trinajstić information content (AvgIpc) is 2.33. The molecule has 0 saturated carbocycles. The monoisotopic (exact) mass is 256 g/mol. The molecule has 1 saturated heterocycles. The number of piperidine rings is 1. The van der Waals surface area contributed by atoms with E-state index in [4.69, 9.17) is 5.11 Å². The minimum atomic E-state index is -1.02. The van der Waals surface area contributed by atoms with Gasteiger partial charge in [0.05, 0.1) is 0 Å². The number of aliphatic carboxylic acids is 1. The fourth-order valence-electron chi connectivity index (χ4n) is 1.96. The zero-order valence-electron chi connectivity index (χ0n) is 10.6. The minimum Gasteiger partial charge on any atom is -0.480 e. The Bertz CT molecular complexity index is 330. The van der Waals surface area contributed by atoms with E-state index in [1.165, 1.54) is 0 Å². The SMILES string of the molecule is CCCC[C@H](NC(=O)C1CCNC(=O)C1)C(=O)O. The van der Waals surface area contributed by atoms with Crippen LogP contribution in [0.3, 0.4) is 0 Å². The summed E-state index contributed by atoms with van der Waals surface area (Å²) < 4.78 is 0. The predicted octanol–water partition coefficient (Wildman–Crippen LogP) is 0.272. The Labute approximate surface area is 106 Å². The van der Waals surface area contributed by atoms with Crippen molar-refractivity contribution >= 4 is 17.8 Å². The van der Waals surface area contributed by atoms with Gasteiger partial charge in [0.2, 0.25) is 11.8 Å². The summed E-state index contributed by atoms with van der Waals surface area (Å²) in [6.07, 6.45) is 2.77. The van der Waals surface area contributed by atoms with Crippen LogP contribution in [-0.4, -0.2) is 35.5 Å². The van der Waals surface area contributed by atoms with Gasteiger partial charge in [-0.25, -0.2) is 4.79 Å². The lowest BCUT2D eigenvalue weighted by Gasteiger charge is -2.23. The first kappa shape index (κ1) is 14.5. The molecule has 3 N–H and O–H groups in total. The number of carbonyl (C=O) groups excluding carboxylic acids is 2. The van der Waals surface area contributed by atoms with E-state index >= 15 is 0 Å². The van der Waals surface area contributed by atoms with Gasteiger partial charge in [0.1, 0.15) is 6.04 Å². The van der Waals surface area contributed by atoms with Gasteiger partial charge in [-0.2, -0.15) is 0 Å². The lowest BCUT2D eigenvalue weighted by atomic mass is 9.96. The highest BCUT2D eigenvalue weighted by atomic mass is 16.4. The van der Waals surface area contributed by atoms with Gasteiger partial charge in [-0.05, 0) is 12.8 Å². The number of carboxylic acids is 1. The van der Waals surface area contributed by atoms with Gasteiger partial charge in [-0.1, -0.05) is 19.8 Å². The number of carbonyl (C=O) groups is 3. The van der Waals surface area contributed by atoms with Crippen molar-refractivity contribution in [1.82, 2.24) is 10.6 Å². The van der Waals surface area contributed by atoms with E-state index in [1.54, 1.807) is 0 Å². The highest BCUT2D eigenvalue weighted by Crippen LogP contribution is 2.13. The number of hydrogen-bond donors (Lipinski definition) is 3. The molecule has 0 bridgehead atoms. The van der Waals surface area contributed by atoms with Crippen molar-refractivity contribution in [3.8, 4) is 0 Å². The molecule has 1 heterocycles. The maximum Gasteiger partial charge on any atom is 0.326 e. The van der Waals surface area contributed by atoms with Crippen molar-refractivity contribution in [2.45, 2.75) is 45.1 Å². The van der Waals surface area contributed by atoms with Crippen LogP contribution >= 0.6 is 0 Å². The normalized spacial score (nSPS) is 20.9. The third-order valence-electron chi connectivity index (χ3n) is 3.08. The maximum atomic E-state index is 11.9. The first-order valence-electron chi connectivity index (χ1n) is 6.34. The highest BCUT2D eigenvalue weighted by Gasteiger charge is 2.28. The highest BCUT2D eigenvalue weighted by molar-refractivity contribution is 5.89. The number of nitrogens with one attached hydrogen (secondary N) is 2. The summed E-state index contributed by atoms with van der Waals surface area (Å²) in [5.41, 5.74) is 0. The van der Waals surface area contributed by atoms with Crippen LogP contribution < -0.4 is 10.6 Å². The van der Waals surface area contributed by atoms with Crippen molar-refractivity contribution in [3.05, 3.63) is 0 Å². The van der Waals surface area contributed by atoms with Crippen molar-refractivity contribution in [2.75, 3.05) is 6.54 Å². The van der Waals surface area contributed by atoms with Gasteiger partial charge in [0, 0.05) is 18.9 Å². The van der Waals surface area contributed by atoms with Crippen LogP contribution in [0.25, 0.3) is 0 Å². The van der Waals surface area contributed by atoms with Crippen LogP contribution in [0.15, 0.2) is 0 Å². The predicted molar refractivity (Wildman–Crippen MR) is 64.8 cm³/mol. The smallest absolute Gasteiger partial charge is 0.326 e. The Kier molecular flexibility index (Phi) is 5.61. The fraction of sp³-hybridized carbons (Fsp3) is 0.750. The maximum absolute atomic E-state index is 11.9. The van der Waals surface area contributed by atoms with Crippen LogP contribution in [0.2, 0.25) is 0 Å². The second kappa shape index (κ2) is 6.98. The van der Waals surface area contributed by atoms with Gasteiger partial charge >= 0.3 is 5.97 Å². The zero-order chi connectivity index (χ0) is 13.5. The number of unbranched alkanes of at least 4 members (excludes halogenated alkanes) is 1. The molecule has 1 rings (SSSR count). The molecule has 0 spiro atoms. The first-order valence-corrected chi connectivity index (χ1v) is 6.34. The molecular formula is C12H20N2O4. The molecule has 0 aromatic carbocycles. The molecule has 1 fully saturated rings. The Morgan fingerprint density at radius 2 is 2.28 bits per heavy atom. The van der Waals surface area contributed by atoms with Crippen LogP contribution in [0, 0.1) is 5.92 Å². The zero-order valence-corrected chi connectivity index (χ0v) is 10.6. The van der Waals surface area contributed by atoms with Crippen molar-refractivity contribution in [1.29, 1.82) is 0 Å². The average molecular weight is 256 g/mol. The number of amides is 2. The van der Waals surface area contributed by atoms with E-state index in [2.05, 4.69) is 10.6 Å². The molecule has 2 atom stereocenters. The molecule has 1 unspecified atom stereocenters. The molecule has 1 aliphatic rings. The van der Waals surface area contributed by atoms with Crippen LogP contribution in [-0.2, 0) is 14.4 Å². The van der Waals surface area contributed by atoms with Crippen molar-refractivity contribution in [2.24, 2.45) is 5.92 Å². The molecule has 6 heteroatoms. The van der Waals surface area contributed by atoms with E-state index in [-0.39, 0.29) is 18.2 Å². The molecule has 0 aromatic heterocycles. The molecule has 2 amide bonds. The standard InChI is InChI=1S/C12H20N2O4/c1-2-3-4-9(12(17)18)14-11(16)8-5-6-13-10(15)7-8/h8-9H,2-7H2,1H3,(H,13,15)(H,14,16)(H,17,18)/t8?,9-/m0/s1. The summed E-state index contributed by atoms with van der Waals surface area (Å²) in [5, 5.41) is 14.2. The fourth-order valence-corrected chi connectivity index (χ4v) is 1.96. The molecular weight excluding hydrogens is 236 g/mol. The van der Waals surface area contributed by atoms with E-state index in [0.29, 0.717) is 19.4 Å². The van der Waals surface area contributed by atoms with Crippen molar-refractivity contribution in [3.63, 3.8) is 0 Å². The lowest BCUT2D eigenvalue weighted by Crippen LogP contribution is -2.47. The van der Waals surface area contributed by atoms with E-state index in [9.17, 15) is 14.4 Å². The van der Waals surface area contributed by atoms with Gasteiger partial charge < -0.3 is 15.7 Å². The second-order valence-electron chi connectivity index (χ2n) is 4.58. The van der Waals surface area contributed by atoms with Gasteiger partial charge in [-0.3, -0.25) is 9.59 Å². The number of rotatable bonds is 6. The third-order valence-corrected chi connectivity index (χ3v) is 3.08. The molecule has 102 valence electrons. The van der Waals surface area contributed by atoms with Crippen LogP contribution in [0.4, 0.5) is 0 Å². The van der Waals surface area contributed by atoms with Crippen LogP contribution in [0.5, 0.6) is 0 Å². The Hall–Kier alpha value is -1.59. The summed E-state index contributed by atoms with van der Waals surface area (Å²) >= 11 is 0. The number of carboxylic acid groups (broad SMARTS) is 1. The lowest BCUT2D eigenvalue weighted by molar-refractivity contribution is -0.143. The van der Waals surface area contributed by atoms with E-state index in [0.717, 1.165) is 12.8 Å². The largest absolute Gasteiger partial charge is 0.480 e. The minimum absolute atomic E-state index is 0.145. The Morgan fingerprint density at radius 3 is 2.83 bits per heavy atom. The summed E-state index contributed by atoms with van der Waals surface area (Å²) in [5.74, 6) is -1.89. The number of hydrogen-bond acceptors (Lipinski definition) is 3. The summed E-state index contributed by atoms with van der Waals surface area (Å²) in [6.45, 7) is 2.44. The summed E-state index contributed by atoms with van der Waals surface area (Å²) in [4.78, 5) is 34.0. The molecule has 0 radical (unpaired) electrons. The summed E-state index contributed by atoms with van der Waals surface area (Å²) in [7, 11) is 0. The van der Waals surface area contributed by atoms with Crippen LogP contribution in [0.1, 0.15) is 39.0 Å². The van der Waals surface area contributed by atoms with Gasteiger partial charge in [0.25, 0.3) is 0 Å². The van der Waals surface area contributed by atoms with Gasteiger partial charge in [-0.15, -0.1) is 0 Å². The quantitative estimate of drug-likeness (QED) is 0.635. The Morgan fingerprint density at radius 1 is 1.56 bits per heavy atom. The molecule has 1 aliphatic heterocycles. The first-order chi connectivity index (χ1) is 8.54.